The first-order chi connectivity index (χ1) is 11.1. The zero-order chi connectivity index (χ0) is 16.0. The van der Waals surface area contributed by atoms with Gasteiger partial charge in [-0.25, -0.2) is 4.98 Å². The van der Waals surface area contributed by atoms with E-state index in [0.717, 1.165) is 22.6 Å². The summed E-state index contributed by atoms with van der Waals surface area (Å²) < 4.78 is 5.92. The second-order valence-corrected chi connectivity index (χ2v) is 6.52. The van der Waals surface area contributed by atoms with Crippen LogP contribution in [0.15, 0.2) is 40.8 Å². The van der Waals surface area contributed by atoms with Gasteiger partial charge >= 0.3 is 0 Å². The van der Waals surface area contributed by atoms with Crippen LogP contribution >= 0.6 is 12.2 Å². The number of rotatable bonds is 4. The molecular formula is C18H17N3OS. The number of nitrogens with one attached hydrogen (secondary N) is 1. The summed E-state index contributed by atoms with van der Waals surface area (Å²) in [6, 6.07) is 11.8. The van der Waals surface area contributed by atoms with Gasteiger partial charge in [0.1, 0.15) is 22.3 Å². The molecule has 0 spiro atoms. The lowest BCUT2D eigenvalue weighted by Gasteiger charge is -2.00. The molecule has 2 aromatic heterocycles. The number of aromatic amines is 1. The minimum Gasteiger partial charge on any atom is -0.461 e. The first kappa shape index (κ1) is 14.2. The van der Waals surface area contributed by atoms with Crippen molar-refractivity contribution >= 4 is 39.9 Å². The largest absolute Gasteiger partial charge is 0.461 e. The van der Waals surface area contributed by atoms with Gasteiger partial charge < -0.3 is 15.1 Å². The van der Waals surface area contributed by atoms with Gasteiger partial charge in [-0.3, -0.25) is 0 Å². The molecule has 1 aromatic carbocycles. The fourth-order valence-electron chi connectivity index (χ4n) is 2.84. The van der Waals surface area contributed by atoms with Gasteiger partial charge in [-0.1, -0.05) is 31.3 Å². The van der Waals surface area contributed by atoms with Gasteiger partial charge in [-0.05, 0) is 42.7 Å². The molecule has 3 aromatic rings. The highest BCUT2D eigenvalue weighted by molar-refractivity contribution is 7.81. The third-order valence-corrected chi connectivity index (χ3v) is 4.54. The summed E-state index contributed by atoms with van der Waals surface area (Å²) >= 11 is 5.20. The number of nitrogens with two attached hydrogens (primary N) is 1. The van der Waals surface area contributed by atoms with Crippen LogP contribution in [0, 0.1) is 5.92 Å². The third-order valence-electron chi connectivity index (χ3n) is 4.32. The smallest absolute Gasteiger partial charge is 0.141 e. The average molecular weight is 323 g/mol. The van der Waals surface area contributed by atoms with E-state index in [4.69, 9.17) is 22.4 Å². The lowest BCUT2D eigenvalue weighted by Crippen LogP contribution is -2.11. The molecule has 1 aliphatic carbocycles. The lowest BCUT2D eigenvalue weighted by atomic mass is 10.2. The first-order valence-corrected chi connectivity index (χ1v) is 8.09. The summed E-state index contributed by atoms with van der Waals surface area (Å²) in [4.78, 5) is 8.11. The average Bonchev–Trinajstić information content (AvgIpc) is 2.96. The van der Waals surface area contributed by atoms with E-state index in [1.807, 2.05) is 42.5 Å². The van der Waals surface area contributed by atoms with Crippen molar-refractivity contribution in [2.24, 2.45) is 11.7 Å². The molecule has 0 bridgehead atoms. The quantitative estimate of drug-likeness (QED) is 0.560. The number of aromatic nitrogens is 2. The van der Waals surface area contributed by atoms with E-state index in [1.54, 1.807) is 0 Å². The minimum atomic E-state index is 0.293. The van der Waals surface area contributed by atoms with E-state index < -0.39 is 0 Å². The molecule has 5 heteroatoms. The zero-order valence-electron chi connectivity index (χ0n) is 12.7. The van der Waals surface area contributed by atoms with Gasteiger partial charge in [0.25, 0.3) is 0 Å². The van der Waals surface area contributed by atoms with Crippen LogP contribution in [0.4, 0.5) is 0 Å². The Morgan fingerprint density at radius 1 is 1.35 bits per heavy atom. The van der Waals surface area contributed by atoms with Gasteiger partial charge in [0.15, 0.2) is 0 Å². The molecule has 2 atom stereocenters. The van der Waals surface area contributed by atoms with Crippen LogP contribution in [-0.2, 0) is 0 Å². The lowest BCUT2D eigenvalue weighted by molar-refractivity contribution is 0.498. The van der Waals surface area contributed by atoms with Crippen molar-refractivity contribution in [3.63, 3.8) is 0 Å². The summed E-state index contributed by atoms with van der Waals surface area (Å²) in [5, 5.41) is 0. The van der Waals surface area contributed by atoms with Crippen LogP contribution < -0.4 is 5.73 Å². The van der Waals surface area contributed by atoms with Gasteiger partial charge in [0, 0.05) is 5.92 Å². The Morgan fingerprint density at radius 2 is 2.13 bits per heavy atom. The maximum absolute atomic E-state index is 5.92. The highest BCUT2D eigenvalue weighted by Gasteiger charge is 2.36. The van der Waals surface area contributed by atoms with Crippen molar-refractivity contribution in [1.29, 1.82) is 0 Å². The number of fused-ring (bicyclic) bond motifs is 1. The fraction of sp³-hybridized carbons (Fsp3) is 0.222. The predicted molar refractivity (Wildman–Crippen MR) is 96.0 cm³/mol. The third kappa shape index (κ3) is 2.68. The summed E-state index contributed by atoms with van der Waals surface area (Å²) in [7, 11) is 0. The van der Waals surface area contributed by atoms with Crippen molar-refractivity contribution < 1.29 is 4.42 Å². The number of hydrogen-bond donors (Lipinski definition) is 2. The number of benzene rings is 1. The Balaban J connectivity index is 1.72. The monoisotopic (exact) mass is 323 g/mol. The number of furan rings is 1. The molecule has 2 heterocycles. The van der Waals surface area contributed by atoms with Crippen LogP contribution in [-0.4, -0.2) is 15.0 Å². The second kappa shape index (κ2) is 5.35. The van der Waals surface area contributed by atoms with Crippen molar-refractivity contribution in [3.05, 3.63) is 53.7 Å². The Labute approximate surface area is 139 Å². The summed E-state index contributed by atoms with van der Waals surface area (Å²) in [5.74, 6) is 3.72. The normalized spacial score (nSPS) is 20.8. The minimum absolute atomic E-state index is 0.293. The molecule has 1 fully saturated rings. The molecule has 1 saturated carbocycles. The van der Waals surface area contributed by atoms with E-state index in [9.17, 15) is 0 Å². The van der Waals surface area contributed by atoms with Crippen molar-refractivity contribution in [3.8, 4) is 0 Å². The number of H-pyrrole nitrogens is 1. The maximum atomic E-state index is 5.92. The molecule has 0 unspecified atom stereocenters. The molecule has 1 aliphatic rings. The first-order valence-electron chi connectivity index (χ1n) is 7.68. The number of nitrogens with zero attached hydrogens (tertiary/aromatic N) is 1. The topological polar surface area (TPSA) is 67.8 Å². The molecule has 23 heavy (non-hydrogen) atoms. The summed E-state index contributed by atoms with van der Waals surface area (Å²) in [6.07, 6.45) is 3.05. The Morgan fingerprint density at radius 3 is 2.83 bits per heavy atom. The summed E-state index contributed by atoms with van der Waals surface area (Å²) in [6.45, 7) is 2.23. The van der Waals surface area contributed by atoms with Gasteiger partial charge in [0.2, 0.25) is 0 Å². The SMILES string of the molecule is C[C@@H]1C[C@H]1c1ccc(/C=C(\C(N)=S)c2nc3ccccc3[nH]2)o1. The molecule has 0 saturated heterocycles. The van der Waals surface area contributed by atoms with Crippen LogP contribution in [0.2, 0.25) is 0 Å². The van der Waals surface area contributed by atoms with Crippen molar-refractivity contribution in [2.45, 2.75) is 19.3 Å². The van der Waals surface area contributed by atoms with Crippen LogP contribution in [0.25, 0.3) is 22.7 Å². The number of hydrogen-bond acceptors (Lipinski definition) is 3. The molecule has 0 amide bonds. The van der Waals surface area contributed by atoms with E-state index in [1.165, 1.54) is 6.42 Å². The summed E-state index contributed by atoms with van der Waals surface area (Å²) in [5.41, 5.74) is 8.42. The fourth-order valence-corrected chi connectivity index (χ4v) is 3.00. The molecule has 4 rings (SSSR count). The van der Waals surface area contributed by atoms with Crippen LogP contribution in [0.1, 0.15) is 36.6 Å². The van der Waals surface area contributed by atoms with Crippen LogP contribution in [0.5, 0.6) is 0 Å². The molecule has 3 N–H and O–H groups in total. The zero-order valence-corrected chi connectivity index (χ0v) is 13.6. The van der Waals surface area contributed by atoms with E-state index in [2.05, 4.69) is 16.9 Å². The highest BCUT2D eigenvalue weighted by Crippen LogP contribution is 2.47. The van der Waals surface area contributed by atoms with E-state index in [-0.39, 0.29) is 0 Å². The predicted octanol–water partition coefficient (Wildman–Crippen LogP) is 4.11. The van der Waals surface area contributed by atoms with Crippen LogP contribution in [0.3, 0.4) is 0 Å². The maximum Gasteiger partial charge on any atom is 0.141 e. The van der Waals surface area contributed by atoms with Gasteiger partial charge in [0.05, 0.1) is 16.6 Å². The van der Waals surface area contributed by atoms with Crippen molar-refractivity contribution in [1.82, 2.24) is 9.97 Å². The molecule has 0 radical (unpaired) electrons. The standard InChI is InChI=1S/C18H17N3OS/c1-10-8-12(10)16-7-6-11(22-16)9-13(17(19)23)18-20-14-4-2-3-5-15(14)21-18/h2-7,9-10,12H,8H2,1H3,(H2,19,23)(H,20,21)/b13-9+/t10-,12-/m1/s1. The second-order valence-electron chi connectivity index (χ2n) is 6.08. The number of para-hydroxylation sites is 2. The number of imidazole rings is 1. The van der Waals surface area contributed by atoms with E-state index >= 15 is 0 Å². The van der Waals surface area contributed by atoms with E-state index in [0.29, 0.717) is 28.2 Å². The molecular weight excluding hydrogens is 306 g/mol. The van der Waals surface area contributed by atoms with Gasteiger partial charge in [-0.2, -0.15) is 0 Å². The molecule has 0 aliphatic heterocycles. The molecule has 116 valence electrons. The number of thiocarbonyl (C=S) groups is 1. The van der Waals surface area contributed by atoms with Gasteiger partial charge in [-0.15, -0.1) is 0 Å². The Hall–Kier alpha value is -2.40. The highest BCUT2D eigenvalue weighted by atomic mass is 32.1. The Kier molecular flexibility index (Phi) is 3.31. The van der Waals surface area contributed by atoms with Crippen molar-refractivity contribution in [2.75, 3.05) is 0 Å². The Bertz CT molecular complexity index is 888. The molecule has 4 nitrogen and oxygen atoms in total.